The number of carbonyl (C=O) groups excluding carboxylic acids is 2. The van der Waals surface area contributed by atoms with Gasteiger partial charge in [0, 0.05) is 45.0 Å². The monoisotopic (exact) mass is 309 g/mol. The van der Waals surface area contributed by atoms with Crippen LogP contribution in [0.4, 0.5) is 0 Å². The normalized spacial score (nSPS) is 15.9. The number of aromatic nitrogens is 1. The fourth-order valence-electron chi connectivity index (χ4n) is 2.55. The van der Waals surface area contributed by atoms with Gasteiger partial charge in [0.25, 0.3) is 5.91 Å². The first-order valence-corrected chi connectivity index (χ1v) is 7.40. The SMILES string of the molecule is Cc1cc(Cl)c(C(=O)N2CCC(C(=O)N(C)C)CC2)cn1. The van der Waals surface area contributed by atoms with Crippen LogP contribution in [0, 0.1) is 12.8 Å². The summed E-state index contributed by atoms with van der Waals surface area (Å²) in [4.78, 5) is 31.9. The molecule has 2 heterocycles. The molecule has 0 atom stereocenters. The molecule has 1 fully saturated rings. The van der Waals surface area contributed by atoms with Crippen LogP contribution < -0.4 is 0 Å². The van der Waals surface area contributed by atoms with Gasteiger partial charge in [-0.1, -0.05) is 11.6 Å². The minimum atomic E-state index is -0.108. The van der Waals surface area contributed by atoms with E-state index < -0.39 is 0 Å². The van der Waals surface area contributed by atoms with Crippen molar-refractivity contribution in [3.63, 3.8) is 0 Å². The third-order valence-corrected chi connectivity index (χ3v) is 4.11. The highest BCUT2D eigenvalue weighted by atomic mass is 35.5. The molecule has 2 rings (SSSR count). The standard InChI is InChI=1S/C15H20ClN3O2/c1-10-8-13(16)12(9-17-10)15(21)19-6-4-11(5-7-19)14(20)18(2)3/h8-9,11H,4-7H2,1-3H3. The molecule has 2 amide bonds. The molecule has 1 aromatic rings. The molecule has 0 bridgehead atoms. The van der Waals surface area contributed by atoms with Gasteiger partial charge >= 0.3 is 0 Å². The van der Waals surface area contributed by atoms with Gasteiger partial charge in [-0.25, -0.2) is 0 Å². The van der Waals surface area contributed by atoms with Crippen LogP contribution in [0.1, 0.15) is 28.9 Å². The van der Waals surface area contributed by atoms with Crippen molar-refractivity contribution in [1.29, 1.82) is 0 Å². The van der Waals surface area contributed by atoms with Crippen LogP contribution in [-0.2, 0) is 4.79 Å². The van der Waals surface area contributed by atoms with Gasteiger partial charge < -0.3 is 9.80 Å². The molecule has 114 valence electrons. The topological polar surface area (TPSA) is 53.5 Å². The number of hydrogen-bond donors (Lipinski definition) is 0. The lowest BCUT2D eigenvalue weighted by atomic mass is 9.95. The second kappa shape index (κ2) is 6.43. The van der Waals surface area contributed by atoms with Crippen molar-refractivity contribution in [3.8, 4) is 0 Å². The highest BCUT2D eigenvalue weighted by Gasteiger charge is 2.29. The fourth-order valence-corrected chi connectivity index (χ4v) is 2.84. The van der Waals surface area contributed by atoms with Crippen molar-refractivity contribution in [2.75, 3.05) is 27.2 Å². The number of hydrogen-bond acceptors (Lipinski definition) is 3. The number of pyridine rings is 1. The Bertz CT molecular complexity index is 552. The summed E-state index contributed by atoms with van der Waals surface area (Å²) in [5, 5.41) is 0.430. The Morgan fingerprint density at radius 2 is 1.95 bits per heavy atom. The number of halogens is 1. The Hall–Kier alpha value is -1.62. The zero-order valence-electron chi connectivity index (χ0n) is 12.6. The molecule has 0 spiro atoms. The summed E-state index contributed by atoms with van der Waals surface area (Å²) in [6, 6.07) is 1.69. The van der Waals surface area contributed by atoms with Gasteiger partial charge in [0.15, 0.2) is 0 Å². The maximum absolute atomic E-state index is 12.4. The molecule has 1 aromatic heterocycles. The molecule has 1 saturated heterocycles. The van der Waals surface area contributed by atoms with Gasteiger partial charge in [-0.05, 0) is 25.8 Å². The first kappa shape index (κ1) is 15.8. The number of aryl methyl sites for hydroxylation is 1. The van der Waals surface area contributed by atoms with Crippen LogP contribution in [0.25, 0.3) is 0 Å². The Morgan fingerprint density at radius 3 is 2.48 bits per heavy atom. The van der Waals surface area contributed by atoms with Crippen molar-refractivity contribution in [2.45, 2.75) is 19.8 Å². The smallest absolute Gasteiger partial charge is 0.256 e. The van der Waals surface area contributed by atoms with Crippen molar-refractivity contribution in [2.24, 2.45) is 5.92 Å². The van der Waals surface area contributed by atoms with Gasteiger partial charge in [-0.15, -0.1) is 0 Å². The lowest BCUT2D eigenvalue weighted by Gasteiger charge is -2.32. The van der Waals surface area contributed by atoms with E-state index in [-0.39, 0.29) is 17.7 Å². The molecule has 6 heteroatoms. The average Bonchev–Trinajstić information content (AvgIpc) is 2.46. The lowest BCUT2D eigenvalue weighted by Crippen LogP contribution is -2.42. The van der Waals surface area contributed by atoms with Crippen molar-refractivity contribution in [1.82, 2.24) is 14.8 Å². The largest absolute Gasteiger partial charge is 0.349 e. The van der Waals surface area contributed by atoms with E-state index >= 15 is 0 Å². The molecule has 1 aliphatic rings. The van der Waals surface area contributed by atoms with Crippen LogP contribution in [0.15, 0.2) is 12.3 Å². The summed E-state index contributed by atoms with van der Waals surface area (Å²) < 4.78 is 0. The van der Waals surface area contributed by atoms with Crippen molar-refractivity contribution in [3.05, 3.63) is 28.5 Å². The number of likely N-dealkylation sites (tertiary alicyclic amines) is 1. The van der Waals surface area contributed by atoms with E-state index in [0.29, 0.717) is 36.5 Å². The highest BCUT2D eigenvalue weighted by molar-refractivity contribution is 6.33. The summed E-state index contributed by atoms with van der Waals surface area (Å²) in [5.41, 5.74) is 1.21. The van der Waals surface area contributed by atoms with Gasteiger partial charge in [0.1, 0.15) is 0 Å². The predicted molar refractivity (Wildman–Crippen MR) is 81.3 cm³/mol. The average molecular weight is 310 g/mol. The zero-order chi connectivity index (χ0) is 15.6. The second-order valence-electron chi connectivity index (χ2n) is 5.60. The van der Waals surface area contributed by atoms with Crippen LogP contribution >= 0.6 is 11.6 Å². The summed E-state index contributed by atoms with van der Waals surface area (Å²) in [6.07, 6.45) is 2.91. The van der Waals surface area contributed by atoms with E-state index in [9.17, 15) is 9.59 Å². The van der Waals surface area contributed by atoms with E-state index in [1.807, 2.05) is 6.92 Å². The predicted octanol–water partition coefficient (Wildman–Crippen LogP) is 1.98. The van der Waals surface area contributed by atoms with E-state index in [1.54, 1.807) is 30.0 Å². The minimum Gasteiger partial charge on any atom is -0.349 e. The molecule has 0 unspecified atom stereocenters. The maximum Gasteiger partial charge on any atom is 0.256 e. The molecule has 1 aliphatic heterocycles. The summed E-state index contributed by atoms with van der Waals surface area (Å²) in [6.45, 7) is 2.99. The Kier molecular flexibility index (Phi) is 4.83. The van der Waals surface area contributed by atoms with Crippen LogP contribution in [0.5, 0.6) is 0 Å². The summed E-state index contributed by atoms with van der Waals surface area (Å²) in [5.74, 6) is 0.0380. The van der Waals surface area contributed by atoms with E-state index in [4.69, 9.17) is 11.6 Å². The van der Waals surface area contributed by atoms with Crippen LogP contribution in [0.3, 0.4) is 0 Å². The molecular formula is C15H20ClN3O2. The molecule has 0 radical (unpaired) electrons. The molecule has 0 N–H and O–H groups in total. The van der Waals surface area contributed by atoms with Crippen molar-refractivity contribution < 1.29 is 9.59 Å². The van der Waals surface area contributed by atoms with Crippen LogP contribution in [0.2, 0.25) is 5.02 Å². The Balaban J connectivity index is 2.02. The Morgan fingerprint density at radius 1 is 1.33 bits per heavy atom. The first-order chi connectivity index (χ1) is 9.90. The molecular weight excluding hydrogens is 290 g/mol. The van der Waals surface area contributed by atoms with Gasteiger partial charge in [-0.3, -0.25) is 14.6 Å². The second-order valence-corrected chi connectivity index (χ2v) is 6.01. The molecule has 0 aliphatic carbocycles. The van der Waals surface area contributed by atoms with E-state index in [0.717, 1.165) is 5.69 Å². The quantitative estimate of drug-likeness (QED) is 0.839. The Labute approximate surface area is 129 Å². The molecule has 5 nitrogen and oxygen atoms in total. The highest BCUT2D eigenvalue weighted by Crippen LogP contribution is 2.23. The number of rotatable bonds is 2. The number of amides is 2. The lowest BCUT2D eigenvalue weighted by molar-refractivity contribution is -0.134. The maximum atomic E-state index is 12.4. The van der Waals surface area contributed by atoms with Gasteiger partial charge in [-0.2, -0.15) is 0 Å². The van der Waals surface area contributed by atoms with Gasteiger partial charge in [0.05, 0.1) is 10.6 Å². The number of carbonyl (C=O) groups is 2. The minimum absolute atomic E-state index is 0.00987. The van der Waals surface area contributed by atoms with Gasteiger partial charge in [0.2, 0.25) is 5.91 Å². The molecule has 0 aromatic carbocycles. The first-order valence-electron chi connectivity index (χ1n) is 7.02. The molecule has 0 saturated carbocycles. The summed E-state index contributed by atoms with van der Waals surface area (Å²) >= 11 is 6.12. The number of nitrogens with zero attached hydrogens (tertiary/aromatic N) is 3. The van der Waals surface area contributed by atoms with E-state index in [1.165, 1.54) is 6.20 Å². The zero-order valence-corrected chi connectivity index (χ0v) is 13.4. The third kappa shape index (κ3) is 3.53. The molecule has 21 heavy (non-hydrogen) atoms. The third-order valence-electron chi connectivity index (χ3n) is 3.79. The number of piperidine rings is 1. The van der Waals surface area contributed by atoms with E-state index in [2.05, 4.69) is 4.98 Å². The summed E-state index contributed by atoms with van der Waals surface area (Å²) in [7, 11) is 3.52. The van der Waals surface area contributed by atoms with Crippen LogP contribution in [-0.4, -0.2) is 53.8 Å². The van der Waals surface area contributed by atoms with Crippen molar-refractivity contribution >= 4 is 23.4 Å². The fraction of sp³-hybridized carbons (Fsp3) is 0.533.